The summed E-state index contributed by atoms with van der Waals surface area (Å²) in [5, 5.41) is 3.49. The fourth-order valence-electron chi connectivity index (χ4n) is 2.57. The molecule has 1 unspecified atom stereocenters. The summed E-state index contributed by atoms with van der Waals surface area (Å²) in [5.74, 6) is 0.954. The zero-order valence-corrected chi connectivity index (χ0v) is 12.2. The van der Waals surface area contributed by atoms with Crippen molar-refractivity contribution in [2.45, 2.75) is 65.3 Å². The molecule has 1 atom stereocenters. The summed E-state index contributed by atoms with van der Waals surface area (Å²) in [5.41, 5.74) is 0. The summed E-state index contributed by atoms with van der Waals surface area (Å²) in [7, 11) is 0. The lowest BCUT2D eigenvalue weighted by atomic mass is 10.0. The number of likely N-dealkylation sites (tertiary alicyclic amines) is 1. The number of hydrogen-bond acceptors (Lipinski definition) is 2. The van der Waals surface area contributed by atoms with Crippen LogP contribution in [0.5, 0.6) is 0 Å². The maximum atomic E-state index is 3.49. The Labute approximate surface area is 108 Å². The Morgan fingerprint density at radius 2 is 1.94 bits per heavy atom. The summed E-state index contributed by atoms with van der Waals surface area (Å²) in [6.07, 6.45) is 8.36. The molecular weight excluding hydrogens is 208 g/mol. The number of nitrogens with one attached hydrogen (secondary N) is 1. The largest absolute Gasteiger partial charge is 0.315 e. The van der Waals surface area contributed by atoms with Gasteiger partial charge in [0.2, 0.25) is 0 Å². The Kier molecular flexibility index (Phi) is 7.87. The van der Waals surface area contributed by atoms with E-state index in [1.807, 2.05) is 0 Å². The molecule has 1 fully saturated rings. The van der Waals surface area contributed by atoms with Gasteiger partial charge in [0.25, 0.3) is 0 Å². The molecule has 0 spiro atoms. The zero-order valence-electron chi connectivity index (χ0n) is 12.2. The molecule has 1 heterocycles. The predicted octanol–water partition coefficient (Wildman–Crippen LogP) is 3.28. The van der Waals surface area contributed by atoms with E-state index >= 15 is 0 Å². The Morgan fingerprint density at radius 1 is 1.12 bits per heavy atom. The first-order valence-corrected chi connectivity index (χ1v) is 7.64. The Hall–Kier alpha value is -0.0800. The third kappa shape index (κ3) is 7.77. The van der Waals surface area contributed by atoms with Crippen molar-refractivity contribution >= 4 is 0 Å². The van der Waals surface area contributed by atoms with Crippen LogP contribution in [-0.2, 0) is 0 Å². The molecule has 0 radical (unpaired) electrons. The molecule has 0 amide bonds. The van der Waals surface area contributed by atoms with Crippen molar-refractivity contribution in [3.63, 3.8) is 0 Å². The normalized spacial score (nSPS) is 22.9. The molecule has 1 aliphatic heterocycles. The first kappa shape index (κ1) is 15.0. The van der Waals surface area contributed by atoms with Crippen molar-refractivity contribution in [1.82, 2.24) is 10.2 Å². The molecule has 0 aromatic heterocycles. The molecule has 0 aromatic rings. The number of rotatable bonds is 7. The van der Waals surface area contributed by atoms with E-state index in [-0.39, 0.29) is 0 Å². The van der Waals surface area contributed by atoms with Crippen LogP contribution in [0.2, 0.25) is 0 Å². The van der Waals surface area contributed by atoms with Gasteiger partial charge in [0.1, 0.15) is 0 Å². The number of hydrogen-bond donors (Lipinski definition) is 1. The van der Waals surface area contributed by atoms with Gasteiger partial charge in [-0.3, -0.25) is 0 Å². The molecule has 102 valence electrons. The van der Waals surface area contributed by atoms with Crippen molar-refractivity contribution in [3.05, 3.63) is 0 Å². The van der Waals surface area contributed by atoms with E-state index in [9.17, 15) is 0 Å². The van der Waals surface area contributed by atoms with Gasteiger partial charge in [0, 0.05) is 6.04 Å². The van der Waals surface area contributed by atoms with Crippen LogP contribution < -0.4 is 5.32 Å². The Balaban J connectivity index is 1.95. The highest BCUT2D eigenvalue weighted by Crippen LogP contribution is 2.16. The van der Waals surface area contributed by atoms with Crippen LogP contribution in [0, 0.1) is 5.92 Å². The lowest BCUT2D eigenvalue weighted by Gasteiger charge is -2.19. The van der Waals surface area contributed by atoms with E-state index in [0.717, 1.165) is 5.92 Å². The second-order valence-corrected chi connectivity index (χ2v) is 6.05. The summed E-state index contributed by atoms with van der Waals surface area (Å²) in [6, 6.07) is 0.641. The van der Waals surface area contributed by atoms with Gasteiger partial charge in [-0.25, -0.2) is 0 Å². The molecule has 0 saturated carbocycles. The molecule has 0 aromatic carbocycles. The highest BCUT2D eigenvalue weighted by atomic mass is 15.1. The molecule has 0 aliphatic carbocycles. The van der Waals surface area contributed by atoms with Crippen LogP contribution in [0.1, 0.15) is 59.3 Å². The van der Waals surface area contributed by atoms with E-state index in [1.165, 1.54) is 64.7 Å². The molecule has 2 nitrogen and oxygen atoms in total. The van der Waals surface area contributed by atoms with E-state index in [1.54, 1.807) is 0 Å². The molecule has 1 N–H and O–H groups in total. The topological polar surface area (TPSA) is 15.3 Å². The molecule has 1 rings (SSSR count). The van der Waals surface area contributed by atoms with Crippen LogP contribution in [0.25, 0.3) is 0 Å². The van der Waals surface area contributed by atoms with Crippen LogP contribution in [0.15, 0.2) is 0 Å². The monoisotopic (exact) mass is 240 g/mol. The average Bonchev–Trinajstić information content (AvgIpc) is 2.48. The minimum Gasteiger partial charge on any atom is -0.315 e. The third-order valence-corrected chi connectivity index (χ3v) is 3.81. The van der Waals surface area contributed by atoms with Crippen LogP contribution in [0.3, 0.4) is 0 Å². The Morgan fingerprint density at radius 3 is 2.71 bits per heavy atom. The molecule has 1 aliphatic rings. The summed E-state index contributed by atoms with van der Waals surface area (Å²) < 4.78 is 0. The summed E-state index contributed by atoms with van der Waals surface area (Å²) in [6.45, 7) is 12.0. The van der Waals surface area contributed by atoms with Gasteiger partial charge >= 0.3 is 0 Å². The van der Waals surface area contributed by atoms with Crippen molar-refractivity contribution in [2.75, 3.05) is 26.2 Å². The lowest BCUT2D eigenvalue weighted by Crippen LogP contribution is -2.26. The van der Waals surface area contributed by atoms with Crippen molar-refractivity contribution in [2.24, 2.45) is 5.92 Å². The standard InChI is InChI=1S/C15H32N2/c1-14(2)16-10-5-4-6-11-17-12-7-8-15(3)9-13-17/h14-16H,4-13H2,1-3H3. The van der Waals surface area contributed by atoms with Crippen molar-refractivity contribution in [3.8, 4) is 0 Å². The molecule has 2 heteroatoms. The zero-order chi connectivity index (χ0) is 12.5. The lowest BCUT2D eigenvalue weighted by molar-refractivity contribution is 0.274. The van der Waals surface area contributed by atoms with Crippen molar-refractivity contribution < 1.29 is 0 Å². The SMILES string of the molecule is CC1CCCN(CCCCCNC(C)C)CC1. The van der Waals surface area contributed by atoms with Gasteiger partial charge in [-0.2, -0.15) is 0 Å². The third-order valence-electron chi connectivity index (χ3n) is 3.81. The van der Waals surface area contributed by atoms with Gasteiger partial charge in [-0.05, 0) is 64.2 Å². The number of unbranched alkanes of at least 4 members (excludes halogenated alkanes) is 2. The minimum absolute atomic E-state index is 0.641. The second-order valence-electron chi connectivity index (χ2n) is 6.05. The van der Waals surface area contributed by atoms with Gasteiger partial charge in [-0.1, -0.05) is 27.2 Å². The van der Waals surface area contributed by atoms with Crippen molar-refractivity contribution in [1.29, 1.82) is 0 Å². The second kappa shape index (κ2) is 8.93. The predicted molar refractivity (Wildman–Crippen MR) is 76.4 cm³/mol. The Bertz CT molecular complexity index is 180. The average molecular weight is 240 g/mol. The van der Waals surface area contributed by atoms with Gasteiger partial charge in [-0.15, -0.1) is 0 Å². The van der Waals surface area contributed by atoms with E-state index in [4.69, 9.17) is 0 Å². The summed E-state index contributed by atoms with van der Waals surface area (Å²) >= 11 is 0. The quantitative estimate of drug-likeness (QED) is 0.687. The first-order chi connectivity index (χ1) is 8.18. The van der Waals surface area contributed by atoms with E-state index < -0.39 is 0 Å². The molecule has 0 bridgehead atoms. The maximum absolute atomic E-state index is 3.49. The number of nitrogens with zero attached hydrogens (tertiary/aromatic N) is 1. The fraction of sp³-hybridized carbons (Fsp3) is 1.00. The maximum Gasteiger partial charge on any atom is 0.00103 e. The molecular formula is C15H32N2. The van der Waals surface area contributed by atoms with Crippen LogP contribution in [-0.4, -0.2) is 37.1 Å². The van der Waals surface area contributed by atoms with E-state index in [0.29, 0.717) is 6.04 Å². The minimum atomic E-state index is 0.641. The molecule has 17 heavy (non-hydrogen) atoms. The smallest absolute Gasteiger partial charge is 0.00103 e. The van der Waals surface area contributed by atoms with Gasteiger partial charge in [0.05, 0.1) is 0 Å². The fourth-order valence-corrected chi connectivity index (χ4v) is 2.57. The van der Waals surface area contributed by atoms with Gasteiger partial charge in [0.15, 0.2) is 0 Å². The van der Waals surface area contributed by atoms with Crippen LogP contribution in [0.4, 0.5) is 0 Å². The van der Waals surface area contributed by atoms with E-state index in [2.05, 4.69) is 31.0 Å². The highest BCUT2D eigenvalue weighted by Gasteiger charge is 2.12. The van der Waals surface area contributed by atoms with Crippen LogP contribution >= 0.6 is 0 Å². The first-order valence-electron chi connectivity index (χ1n) is 7.64. The molecule has 1 saturated heterocycles. The summed E-state index contributed by atoms with van der Waals surface area (Å²) in [4.78, 5) is 2.68. The highest BCUT2D eigenvalue weighted by molar-refractivity contribution is 4.67. The van der Waals surface area contributed by atoms with Gasteiger partial charge < -0.3 is 10.2 Å².